The molecule has 0 atom stereocenters. The van der Waals surface area contributed by atoms with Crippen molar-refractivity contribution in [3.8, 4) is 5.75 Å². The fourth-order valence-corrected chi connectivity index (χ4v) is 3.35. The molecule has 112 valence electrons. The average molecular weight is 322 g/mol. The number of halogens is 1. The molecule has 0 bridgehead atoms. The number of benzene rings is 1. The smallest absolute Gasteiger partial charge is 0.326 e. The molecule has 0 aliphatic carbocycles. The van der Waals surface area contributed by atoms with Crippen molar-refractivity contribution >= 4 is 27.6 Å². The minimum Gasteiger partial charge on any atom is -0.495 e. The molecule has 1 N–H and O–H groups in total. The zero-order valence-electron chi connectivity index (χ0n) is 11.6. The molecule has 20 heavy (non-hydrogen) atoms. The van der Waals surface area contributed by atoms with Gasteiger partial charge in [0.1, 0.15) is 16.2 Å². The molecular weight excluding hydrogens is 306 g/mol. The third kappa shape index (κ3) is 3.62. The summed E-state index contributed by atoms with van der Waals surface area (Å²) < 4.78 is 36.5. The molecule has 0 aliphatic rings. The van der Waals surface area contributed by atoms with Crippen molar-refractivity contribution in [1.82, 2.24) is 4.72 Å². The van der Waals surface area contributed by atoms with Crippen LogP contribution in [0.15, 0.2) is 23.1 Å². The number of rotatable bonds is 5. The van der Waals surface area contributed by atoms with Gasteiger partial charge >= 0.3 is 5.97 Å². The second kappa shape index (κ2) is 5.99. The van der Waals surface area contributed by atoms with Gasteiger partial charge in [-0.05, 0) is 32.0 Å². The predicted molar refractivity (Wildman–Crippen MR) is 74.4 cm³/mol. The quantitative estimate of drug-likeness (QED) is 0.833. The first-order valence-corrected chi connectivity index (χ1v) is 7.46. The Bertz CT molecular complexity index is 612. The van der Waals surface area contributed by atoms with E-state index in [1.54, 1.807) is 0 Å². The number of ether oxygens (including phenoxy) is 2. The molecule has 0 spiro atoms. The van der Waals surface area contributed by atoms with Crippen molar-refractivity contribution in [1.29, 1.82) is 0 Å². The SMILES string of the molecule is COC(=O)C(C)(C)NS(=O)(=O)c1cc(Cl)ccc1OC. The lowest BCUT2D eigenvalue weighted by Gasteiger charge is -2.23. The summed E-state index contributed by atoms with van der Waals surface area (Å²) in [5.41, 5.74) is -1.42. The maximum absolute atomic E-state index is 12.3. The van der Waals surface area contributed by atoms with E-state index in [0.29, 0.717) is 0 Å². The number of sulfonamides is 1. The lowest BCUT2D eigenvalue weighted by molar-refractivity contribution is -0.146. The van der Waals surface area contributed by atoms with E-state index in [4.69, 9.17) is 16.3 Å². The van der Waals surface area contributed by atoms with Gasteiger partial charge in [-0.15, -0.1) is 0 Å². The number of methoxy groups -OCH3 is 2. The largest absolute Gasteiger partial charge is 0.495 e. The molecule has 0 saturated heterocycles. The molecule has 1 aromatic rings. The fourth-order valence-electron chi connectivity index (χ4n) is 1.55. The van der Waals surface area contributed by atoms with E-state index in [-0.39, 0.29) is 15.7 Å². The van der Waals surface area contributed by atoms with Gasteiger partial charge in [0, 0.05) is 5.02 Å². The summed E-state index contributed by atoms with van der Waals surface area (Å²) in [7, 11) is -1.48. The Morgan fingerprint density at radius 1 is 1.30 bits per heavy atom. The van der Waals surface area contributed by atoms with E-state index in [1.807, 2.05) is 0 Å². The Balaban J connectivity index is 3.24. The number of hydrogen-bond acceptors (Lipinski definition) is 5. The Morgan fingerprint density at radius 2 is 1.90 bits per heavy atom. The van der Waals surface area contributed by atoms with Crippen LogP contribution in [-0.2, 0) is 19.6 Å². The van der Waals surface area contributed by atoms with Crippen LogP contribution in [0, 0.1) is 0 Å². The molecule has 0 saturated carbocycles. The van der Waals surface area contributed by atoms with Crippen LogP contribution in [0.3, 0.4) is 0 Å². The maximum Gasteiger partial charge on any atom is 0.326 e. The second-order valence-corrected chi connectivity index (χ2v) is 6.60. The summed E-state index contributed by atoms with van der Waals surface area (Å²) in [6.45, 7) is 2.79. The van der Waals surface area contributed by atoms with Crippen LogP contribution < -0.4 is 9.46 Å². The van der Waals surface area contributed by atoms with E-state index < -0.39 is 21.5 Å². The topological polar surface area (TPSA) is 81.7 Å². The first kappa shape index (κ1) is 16.7. The molecule has 0 radical (unpaired) electrons. The van der Waals surface area contributed by atoms with Crippen molar-refractivity contribution in [2.45, 2.75) is 24.3 Å². The standard InChI is InChI=1S/C12H16ClNO5S/c1-12(2,11(15)19-4)14-20(16,17)10-7-8(13)5-6-9(10)18-3/h5-7,14H,1-4H3. The third-order valence-electron chi connectivity index (χ3n) is 2.50. The van der Waals surface area contributed by atoms with Gasteiger partial charge in [0.2, 0.25) is 10.0 Å². The number of hydrogen-bond donors (Lipinski definition) is 1. The fraction of sp³-hybridized carbons (Fsp3) is 0.417. The number of carbonyl (C=O) groups is 1. The molecule has 0 amide bonds. The normalized spacial score (nSPS) is 12.1. The molecule has 6 nitrogen and oxygen atoms in total. The minimum absolute atomic E-state index is 0.127. The first-order chi connectivity index (χ1) is 9.14. The van der Waals surface area contributed by atoms with Crippen molar-refractivity contribution < 1.29 is 22.7 Å². The minimum atomic E-state index is -4.00. The van der Waals surface area contributed by atoms with E-state index in [1.165, 1.54) is 46.3 Å². The Hall–Kier alpha value is -1.31. The molecule has 0 unspecified atom stereocenters. The van der Waals surface area contributed by atoms with Crippen LogP contribution >= 0.6 is 11.6 Å². The summed E-state index contributed by atoms with van der Waals surface area (Å²) in [6.07, 6.45) is 0. The van der Waals surface area contributed by atoms with Crippen LogP contribution in [0.25, 0.3) is 0 Å². The first-order valence-electron chi connectivity index (χ1n) is 5.60. The number of nitrogens with one attached hydrogen (secondary N) is 1. The summed E-state index contributed by atoms with van der Waals surface area (Å²) >= 11 is 5.80. The van der Waals surface area contributed by atoms with Crippen molar-refractivity contribution in [2.75, 3.05) is 14.2 Å². The molecule has 0 heterocycles. The molecule has 1 aromatic carbocycles. The van der Waals surface area contributed by atoms with Gasteiger partial charge in [0.15, 0.2) is 0 Å². The van der Waals surface area contributed by atoms with Crippen LogP contribution in [0.2, 0.25) is 5.02 Å². The average Bonchev–Trinajstić information content (AvgIpc) is 2.36. The van der Waals surface area contributed by atoms with Crippen molar-refractivity contribution in [3.05, 3.63) is 23.2 Å². The highest BCUT2D eigenvalue weighted by Crippen LogP contribution is 2.27. The van der Waals surface area contributed by atoms with Gasteiger partial charge in [-0.25, -0.2) is 8.42 Å². The third-order valence-corrected chi connectivity index (χ3v) is 4.41. The predicted octanol–water partition coefficient (Wildman–Crippen LogP) is 1.58. The summed E-state index contributed by atoms with van der Waals surface area (Å²) in [6, 6.07) is 4.18. The summed E-state index contributed by atoms with van der Waals surface area (Å²) in [4.78, 5) is 11.4. The zero-order chi connectivity index (χ0) is 15.6. The highest BCUT2D eigenvalue weighted by molar-refractivity contribution is 7.89. The van der Waals surface area contributed by atoms with Crippen molar-refractivity contribution in [2.24, 2.45) is 0 Å². The Labute approximate surface area is 123 Å². The van der Waals surface area contributed by atoms with Crippen LogP contribution in [-0.4, -0.2) is 34.1 Å². The molecule has 0 aliphatic heterocycles. The van der Waals surface area contributed by atoms with Gasteiger partial charge < -0.3 is 9.47 Å². The van der Waals surface area contributed by atoms with Gasteiger partial charge in [0.05, 0.1) is 14.2 Å². The van der Waals surface area contributed by atoms with E-state index in [9.17, 15) is 13.2 Å². The molecular formula is C12H16ClNO5S. The lowest BCUT2D eigenvalue weighted by atomic mass is 10.1. The summed E-state index contributed by atoms with van der Waals surface area (Å²) in [5.74, 6) is -0.579. The molecule has 1 rings (SSSR count). The molecule has 0 aromatic heterocycles. The Kier molecular flexibility index (Phi) is 5.01. The van der Waals surface area contributed by atoms with Gasteiger partial charge in [-0.3, -0.25) is 4.79 Å². The number of carbonyl (C=O) groups excluding carboxylic acids is 1. The van der Waals surface area contributed by atoms with Gasteiger partial charge in [0.25, 0.3) is 0 Å². The monoisotopic (exact) mass is 321 g/mol. The number of esters is 1. The second-order valence-electron chi connectivity index (χ2n) is 4.52. The zero-order valence-corrected chi connectivity index (χ0v) is 13.1. The van der Waals surface area contributed by atoms with Crippen LogP contribution in [0.1, 0.15) is 13.8 Å². The van der Waals surface area contributed by atoms with E-state index in [0.717, 1.165) is 0 Å². The lowest BCUT2D eigenvalue weighted by Crippen LogP contribution is -2.50. The van der Waals surface area contributed by atoms with Gasteiger partial charge in [-0.2, -0.15) is 4.72 Å². The maximum atomic E-state index is 12.3. The van der Waals surface area contributed by atoms with Crippen LogP contribution in [0.4, 0.5) is 0 Å². The van der Waals surface area contributed by atoms with Crippen LogP contribution in [0.5, 0.6) is 5.75 Å². The van der Waals surface area contributed by atoms with Crippen molar-refractivity contribution in [3.63, 3.8) is 0 Å². The molecule has 8 heteroatoms. The highest BCUT2D eigenvalue weighted by Gasteiger charge is 2.35. The van der Waals surface area contributed by atoms with Gasteiger partial charge in [-0.1, -0.05) is 11.6 Å². The van der Waals surface area contributed by atoms with E-state index >= 15 is 0 Å². The summed E-state index contributed by atoms with van der Waals surface area (Å²) in [5, 5.41) is 0.238. The van der Waals surface area contributed by atoms with E-state index in [2.05, 4.69) is 9.46 Å². The molecule has 0 fully saturated rings. The Morgan fingerprint density at radius 3 is 2.40 bits per heavy atom. The highest BCUT2D eigenvalue weighted by atomic mass is 35.5.